The number of fused-ring (bicyclic) bond motifs is 5. The van der Waals surface area contributed by atoms with Gasteiger partial charge in [0.1, 0.15) is 36.0 Å². The number of rotatable bonds is 4. The van der Waals surface area contributed by atoms with Crippen LogP contribution < -0.4 is 4.74 Å². The molecular formula is C29H38O10. The molecule has 0 aromatic heterocycles. The molecular weight excluding hydrogens is 508 g/mol. The second-order valence-electron chi connectivity index (χ2n) is 12.5. The molecule has 0 bridgehead atoms. The summed E-state index contributed by atoms with van der Waals surface area (Å²) in [5.41, 5.74) is -0.738. The Hall–Kier alpha value is -2.34. The monoisotopic (exact) mass is 546 g/mol. The van der Waals surface area contributed by atoms with E-state index in [2.05, 4.69) is 0 Å². The van der Waals surface area contributed by atoms with Gasteiger partial charge in [-0.05, 0) is 61.1 Å². The first-order valence-electron chi connectivity index (χ1n) is 13.4. The smallest absolute Gasteiger partial charge is 0.229 e. The first-order valence-corrected chi connectivity index (χ1v) is 13.4. The number of allylic oxidation sites excluding steroid dienone is 1. The maximum atomic E-state index is 14.1. The van der Waals surface area contributed by atoms with E-state index >= 15 is 0 Å². The number of phenolic OH excluding ortho intramolecular Hbond substituents is 1. The lowest BCUT2D eigenvalue weighted by Crippen LogP contribution is -2.60. The molecule has 1 saturated heterocycles. The molecule has 39 heavy (non-hydrogen) atoms. The number of carbonyl (C=O) groups is 2. The normalized spacial score (nSPS) is 44.9. The molecule has 10 heteroatoms. The number of benzene rings is 1. The molecule has 0 spiro atoms. The number of aromatic hydroxyl groups is 1. The number of hydrogen-bond acceptors (Lipinski definition) is 10. The molecule has 1 aromatic rings. The number of aliphatic hydroxyl groups is 5. The van der Waals surface area contributed by atoms with Crippen LogP contribution >= 0.6 is 0 Å². The third-order valence-electron chi connectivity index (χ3n) is 10.5. The maximum Gasteiger partial charge on any atom is 0.229 e. The molecule has 1 aliphatic heterocycles. The summed E-state index contributed by atoms with van der Waals surface area (Å²) in [6.45, 7) is 8.29. The predicted molar refractivity (Wildman–Crippen MR) is 138 cm³/mol. The van der Waals surface area contributed by atoms with Crippen LogP contribution in [0.5, 0.6) is 11.5 Å². The van der Waals surface area contributed by atoms with Crippen molar-refractivity contribution in [1.29, 1.82) is 0 Å². The van der Waals surface area contributed by atoms with E-state index in [1.807, 2.05) is 32.9 Å². The van der Waals surface area contributed by atoms with Crippen LogP contribution in [0, 0.1) is 29.6 Å². The van der Waals surface area contributed by atoms with Crippen molar-refractivity contribution >= 4 is 17.6 Å². The van der Waals surface area contributed by atoms with Crippen LogP contribution in [0.15, 0.2) is 12.1 Å². The van der Waals surface area contributed by atoms with Gasteiger partial charge >= 0.3 is 0 Å². The van der Waals surface area contributed by atoms with Crippen molar-refractivity contribution in [3.05, 3.63) is 28.8 Å². The minimum Gasteiger partial charge on any atom is -0.504 e. The summed E-state index contributed by atoms with van der Waals surface area (Å²) >= 11 is 0. The molecule has 214 valence electrons. The van der Waals surface area contributed by atoms with Gasteiger partial charge in [0, 0.05) is 17.9 Å². The molecule has 1 heterocycles. The number of aliphatic hydroxyl groups excluding tert-OH is 5. The molecule has 3 fully saturated rings. The maximum absolute atomic E-state index is 14.1. The zero-order chi connectivity index (χ0) is 28.8. The third-order valence-corrected chi connectivity index (χ3v) is 10.5. The SMILES string of the molecule is CC(=O)[C@H]1[C@H](O)C[C@@]2(C)[C@@H]3C=Cc4c(cc(O[C@@H]5O[C@H](CO)[C@@H](O)[C@H](O)[C@H]5O)c(O)c4C)[C@]3(C)C(=O)C[C@]12C. The average molecular weight is 547 g/mol. The summed E-state index contributed by atoms with van der Waals surface area (Å²) < 4.78 is 11.3. The Bertz CT molecular complexity index is 1240. The Labute approximate surface area is 226 Å². The number of carbonyl (C=O) groups excluding carboxylic acids is 2. The topological polar surface area (TPSA) is 174 Å². The van der Waals surface area contributed by atoms with Crippen LogP contribution in [0.25, 0.3) is 6.08 Å². The highest BCUT2D eigenvalue weighted by Crippen LogP contribution is 2.70. The molecule has 0 radical (unpaired) electrons. The lowest BCUT2D eigenvalue weighted by molar-refractivity contribution is -0.277. The van der Waals surface area contributed by atoms with Crippen molar-refractivity contribution in [3.63, 3.8) is 0 Å². The van der Waals surface area contributed by atoms with Crippen LogP contribution in [0.3, 0.4) is 0 Å². The Balaban J connectivity index is 1.59. The molecule has 4 aliphatic rings. The van der Waals surface area contributed by atoms with Gasteiger partial charge in [0.05, 0.1) is 18.1 Å². The van der Waals surface area contributed by atoms with Gasteiger partial charge < -0.3 is 40.1 Å². The van der Waals surface area contributed by atoms with Crippen LogP contribution in [-0.2, 0) is 19.7 Å². The average Bonchev–Trinajstić information content (AvgIpc) is 3.07. The van der Waals surface area contributed by atoms with Crippen LogP contribution in [0.2, 0.25) is 0 Å². The van der Waals surface area contributed by atoms with Gasteiger partial charge in [-0.2, -0.15) is 0 Å². The standard InChI is InChI=1S/C29H38O10/c1-12-14-6-7-19-27(3)9-16(32)21(13(2)31)28(27,4)10-20(33)29(19,5)15(14)8-17(22(12)34)38-26-25(37)24(36)23(35)18(11-30)39-26/h6-8,16,18-19,21,23-26,30,32,34-37H,9-11H2,1-5H3/t16-,18-,19+,21+,23-,24+,25-,26-,27+,28-,29+/m1/s1. The van der Waals surface area contributed by atoms with E-state index in [4.69, 9.17) is 9.47 Å². The number of ether oxygens (including phenoxy) is 2. The van der Waals surface area contributed by atoms with Gasteiger partial charge in [-0.15, -0.1) is 0 Å². The summed E-state index contributed by atoms with van der Waals surface area (Å²) in [4.78, 5) is 26.7. The molecule has 1 aromatic carbocycles. The van der Waals surface area contributed by atoms with Gasteiger partial charge in [0.15, 0.2) is 11.5 Å². The van der Waals surface area contributed by atoms with Gasteiger partial charge in [0.25, 0.3) is 0 Å². The van der Waals surface area contributed by atoms with E-state index in [-0.39, 0.29) is 35.4 Å². The van der Waals surface area contributed by atoms with E-state index in [1.165, 1.54) is 13.0 Å². The summed E-state index contributed by atoms with van der Waals surface area (Å²) in [5.74, 6) is -1.59. The number of ketones is 2. The van der Waals surface area contributed by atoms with Crippen LogP contribution in [0.1, 0.15) is 57.2 Å². The second kappa shape index (κ2) is 9.09. The highest BCUT2D eigenvalue weighted by Gasteiger charge is 2.70. The third kappa shape index (κ3) is 3.62. The Kier molecular flexibility index (Phi) is 6.57. The molecule has 3 aliphatic carbocycles. The Morgan fingerprint density at radius 1 is 1.10 bits per heavy atom. The molecule has 6 N–H and O–H groups in total. The Morgan fingerprint density at radius 3 is 2.38 bits per heavy atom. The molecule has 0 unspecified atom stereocenters. The van der Waals surface area contributed by atoms with E-state index in [0.29, 0.717) is 23.1 Å². The fraction of sp³-hybridized carbons (Fsp3) is 0.655. The zero-order valence-corrected chi connectivity index (χ0v) is 22.8. The van der Waals surface area contributed by atoms with Crippen molar-refractivity contribution < 1.29 is 49.7 Å². The van der Waals surface area contributed by atoms with Crippen molar-refractivity contribution in [1.82, 2.24) is 0 Å². The second-order valence-corrected chi connectivity index (χ2v) is 12.5. The Morgan fingerprint density at radius 2 is 1.77 bits per heavy atom. The van der Waals surface area contributed by atoms with E-state index in [1.54, 1.807) is 6.92 Å². The lowest BCUT2D eigenvalue weighted by atomic mass is 9.43. The number of phenols is 1. The van der Waals surface area contributed by atoms with Gasteiger partial charge in [-0.1, -0.05) is 26.0 Å². The van der Waals surface area contributed by atoms with Crippen LogP contribution in [-0.4, -0.2) is 85.6 Å². The minimum absolute atomic E-state index is 0.0912. The van der Waals surface area contributed by atoms with Crippen LogP contribution in [0.4, 0.5) is 0 Å². The molecule has 11 atom stereocenters. The summed E-state index contributed by atoms with van der Waals surface area (Å²) in [5, 5.41) is 62.3. The quantitative estimate of drug-likeness (QED) is 0.316. The zero-order valence-electron chi connectivity index (χ0n) is 22.8. The first kappa shape index (κ1) is 28.2. The van der Waals surface area contributed by atoms with Crippen molar-refractivity contribution in [2.75, 3.05) is 6.61 Å². The van der Waals surface area contributed by atoms with E-state index < -0.39 is 65.6 Å². The largest absolute Gasteiger partial charge is 0.504 e. The summed E-state index contributed by atoms with van der Waals surface area (Å²) in [6.07, 6.45) is -4.23. The van der Waals surface area contributed by atoms with Crippen molar-refractivity contribution in [3.8, 4) is 11.5 Å². The van der Waals surface area contributed by atoms with E-state index in [9.17, 15) is 40.2 Å². The molecule has 0 amide bonds. The highest BCUT2D eigenvalue weighted by atomic mass is 16.7. The fourth-order valence-electron chi connectivity index (χ4n) is 8.14. The number of hydrogen-bond donors (Lipinski definition) is 6. The summed E-state index contributed by atoms with van der Waals surface area (Å²) in [7, 11) is 0. The molecule has 5 rings (SSSR count). The predicted octanol–water partition coefficient (Wildman–Crippen LogP) is 0.735. The minimum atomic E-state index is -1.68. The van der Waals surface area contributed by atoms with Gasteiger partial charge in [0.2, 0.25) is 6.29 Å². The van der Waals surface area contributed by atoms with Crippen molar-refractivity contribution in [2.24, 2.45) is 22.7 Å². The highest BCUT2D eigenvalue weighted by molar-refractivity contribution is 5.96. The molecule has 2 saturated carbocycles. The molecule has 10 nitrogen and oxygen atoms in total. The van der Waals surface area contributed by atoms with Crippen molar-refractivity contribution in [2.45, 2.75) is 89.7 Å². The summed E-state index contributed by atoms with van der Waals surface area (Å²) in [6, 6.07) is 1.54. The van der Waals surface area contributed by atoms with E-state index in [0.717, 1.165) is 0 Å². The lowest BCUT2D eigenvalue weighted by Gasteiger charge is -2.59. The first-order chi connectivity index (χ1) is 18.1. The fourth-order valence-corrected chi connectivity index (χ4v) is 8.14. The van der Waals surface area contributed by atoms with Gasteiger partial charge in [-0.25, -0.2) is 0 Å². The number of Topliss-reactive ketones (excluding diaryl/α,β-unsaturated/α-hetero) is 2. The van der Waals surface area contributed by atoms with Gasteiger partial charge in [-0.3, -0.25) is 9.59 Å².